The Morgan fingerprint density at radius 3 is 3.00 bits per heavy atom. The fraction of sp³-hybridized carbons (Fsp3) is 0.235. The van der Waals surface area contributed by atoms with Crippen molar-refractivity contribution in [2.75, 3.05) is 5.32 Å². The maximum absolute atomic E-state index is 11.8. The molecule has 0 radical (unpaired) electrons. The van der Waals surface area contributed by atoms with Crippen molar-refractivity contribution in [2.45, 2.75) is 26.2 Å². The number of anilines is 1. The summed E-state index contributed by atoms with van der Waals surface area (Å²) in [5.74, 6) is 0.0602. The van der Waals surface area contributed by atoms with Gasteiger partial charge in [0, 0.05) is 23.9 Å². The van der Waals surface area contributed by atoms with Crippen molar-refractivity contribution in [3.63, 3.8) is 0 Å². The average Bonchev–Trinajstić information content (AvgIpc) is 2.97. The summed E-state index contributed by atoms with van der Waals surface area (Å²) < 4.78 is 0. The summed E-state index contributed by atoms with van der Waals surface area (Å²) in [6.45, 7) is 2.08. The van der Waals surface area contributed by atoms with Crippen LogP contribution in [0.4, 0.5) is 5.69 Å². The van der Waals surface area contributed by atoms with Crippen molar-refractivity contribution < 1.29 is 4.79 Å². The van der Waals surface area contributed by atoms with Gasteiger partial charge in [0.1, 0.15) is 15.4 Å². The van der Waals surface area contributed by atoms with Crippen LogP contribution in [0.15, 0.2) is 42.6 Å². The van der Waals surface area contributed by atoms with Gasteiger partial charge in [0.15, 0.2) is 0 Å². The summed E-state index contributed by atoms with van der Waals surface area (Å²) in [6.07, 6.45) is 4.27. The van der Waals surface area contributed by atoms with Crippen molar-refractivity contribution in [3.05, 3.63) is 42.6 Å². The van der Waals surface area contributed by atoms with Gasteiger partial charge in [-0.3, -0.25) is 4.79 Å². The van der Waals surface area contributed by atoms with Crippen LogP contribution in [-0.2, 0) is 4.79 Å². The highest BCUT2D eigenvalue weighted by molar-refractivity contribution is 7.21. The molecule has 0 atom stereocenters. The van der Waals surface area contributed by atoms with Gasteiger partial charge in [-0.25, -0.2) is 9.97 Å². The molecular weight excluding hydrogens is 294 g/mol. The summed E-state index contributed by atoms with van der Waals surface area (Å²) in [5, 5.41) is 3.86. The van der Waals surface area contributed by atoms with Crippen molar-refractivity contribution in [3.8, 4) is 10.6 Å². The van der Waals surface area contributed by atoms with E-state index in [9.17, 15) is 4.79 Å². The van der Waals surface area contributed by atoms with E-state index in [-0.39, 0.29) is 5.91 Å². The van der Waals surface area contributed by atoms with Crippen LogP contribution in [0.25, 0.3) is 20.9 Å². The van der Waals surface area contributed by atoms with Crippen molar-refractivity contribution >= 4 is 33.3 Å². The van der Waals surface area contributed by atoms with Crippen molar-refractivity contribution in [1.82, 2.24) is 9.97 Å². The van der Waals surface area contributed by atoms with Gasteiger partial charge >= 0.3 is 0 Å². The Morgan fingerprint density at radius 2 is 2.18 bits per heavy atom. The number of nitrogens with zero attached hydrogens (tertiary/aromatic N) is 2. The van der Waals surface area contributed by atoms with E-state index >= 15 is 0 Å². The Balaban J connectivity index is 1.82. The van der Waals surface area contributed by atoms with Gasteiger partial charge < -0.3 is 5.32 Å². The molecule has 3 aromatic rings. The largest absolute Gasteiger partial charge is 0.326 e. The Labute approximate surface area is 133 Å². The second kappa shape index (κ2) is 6.66. The Hall–Kier alpha value is -2.27. The molecule has 0 saturated heterocycles. The van der Waals surface area contributed by atoms with E-state index in [2.05, 4.69) is 22.2 Å². The zero-order valence-corrected chi connectivity index (χ0v) is 13.2. The van der Waals surface area contributed by atoms with Gasteiger partial charge in [-0.05, 0) is 30.7 Å². The number of carbonyl (C=O) groups excluding carboxylic acids is 1. The van der Waals surface area contributed by atoms with Gasteiger partial charge in [-0.1, -0.05) is 36.8 Å². The summed E-state index contributed by atoms with van der Waals surface area (Å²) in [5.41, 5.74) is 2.71. The molecule has 0 aliphatic carbocycles. The first-order valence-corrected chi connectivity index (χ1v) is 8.20. The van der Waals surface area contributed by atoms with E-state index in [1.165, 1.54) is 0 Å². The summed E-state index contributed by atoms with van der Waals surface area (Å²) in [6, 6.07) is 11.6. The van der Waals surface area contributed by atoms with Gasteiger partial charge in [-0.15, -0.1) is 0 Å². The number of carbonyl (C=O) groups is 1. The van der Waals surface area contributed by atoms with Crippen LogP contribution in [-0.4, -0.2) is 15.9 Å². The molecule has 0 aliphatic rings. The lowest BCUT2D eigenvalue weighted by atomic mass is 10.2. The van der Waals surface area contributed by atoms with Crippen LogP contribution < -0.4 is 5.32 Å². The smallest absolute Gasteiger partial charge is 0.224 e. The van der Waals surface area contributed by atoms with Gasteiger partial charge in [-0.2, -0.15) is 0 Å². The molecule has 112 valence electrons. The Morgan fingerprint density at radius 1 is 1.27 bits per heavy atom. The first kappa shape index (κ1) is 14.7. The molecule has 0 bridgehead atoms. The molecule has 2 heterocycles. The van der Waals surface area contributed by atoms with Gasteiger partial charge in [0.05, 0.1) is 0 Å². The first-order chi connectivity index (χ1) is 10.8. The number of rotatable bonds is 5. The fourth-order valence-electron chi connectivity index (χ4n) is 2.18. The minimum Gasteiger partial charge on any atom is -0.326 e. The number of unbranched alkanes of at least 4 members (excludes halogenated alkanes) is 1. The highest BCUT2D eigenvalue weighted by Gasteiger charge is 2.08. The molecule has 1 aromatic carbocycles. The number of nitrogens with one attached hydrogen (secondary N) is 1. The maximum Gasteiger partial charge on any atom is 0.224 e. The number of amides is 1. The predicted molar refractivity (Wildman–Crippen MR) is 91.0 cm³/mol. The van der Waals surface area contributed by atoms with Gasteiger partial charge in [0.2, 0.25) is 5.91 Å². The zero-order chi connectivity index (χ0) is 15.4. The predicted octanol–water partition coefficient (Wildman–Crippen LogP) is 4.49. The lowest BCUT2D eigenvalue weighted by Crippen LogP contribution is -2.10. The first-order valence-electron chi connectivity index (χ1n) is 7.38. The monoisotopic (exact) mass is 311 g/mol. The van der Waals surface area contributed by atoms with E-state index in [1.54, 1.807) is 17.5 Å². The quantitative estimate of drug-likeness (QED) is 0.755. The topological polar surface area (TPSA) is 54.9 Å². The number of aromatic nitrogens is 2. The molecule has 1 N–H and O–H groups in total. The lowest BCUT2D eigenvalue weighted by Gasteiger charge is -2.06. The summed E-state index contributed by atoms with van der Waals surface area (Å²) in [4.78, 5) is 21.7. The van der Waals surface area contributed by atoms with Crippen LogP contribution in [0.3, 0.4) is 0 Å². The lowest BCUT2D eigenvalue weighted by molar-refractivity contribution is -0.116. The van der Waals surface area contributed by atoms with E-state index in [4.69, 9.17) is 0 Å². The highest BCUT2D eigenvalue weighted by atomic mass is 32.1. The second-order valence-corrected chi connectivity index (χ2v) is 6.06. The average molecular weight is 311 g/mol. The maximum atomic E-state index is 11.8. The van der Waals surface area contributed by atoms with Crippen LogP contribution in [0, 0.1) is 0 Å². The zero-order valence-electron chi connectivity index (χ0n) is 12.4. The third-order valence-electron chi connectivity index (χ3n) is 3.32. The van der Waals surface area contributed by atoms with Crippen LogP contribution in [0.5, 0.6) is 0 Å². The van der Waals surface area contributed by atoms with Crippen LogP contribution >= 0.6 is 11.3 Å². The van der Waals surface area contributed by atoms with E-state index in [0.717, 1.165) is 39.4 Å². The third kappa shape index (κ3) is 3.31. The highest BCUT2D eigenvalue weighted by Crippen LogP contribution is 2.30. The number of benzene rings is 1. The molecule has 4 nitrogen and oxygen atoms in total. The van der Waals surface area contributed by atoms with Crippen LogP contribution in [0.2, 0.25) is 0 Å². The molecule has 0 aliphatic heterocycles. The van der Waals surface area contributed by atoms with E-state index in [0.29, 0.717) is 6.42 Å². The van der Waals surface area contributed by atoms with Crippen molar-refractivity contribution in [2.24, 2.45) is 0 Å². The molecule has 2 aromatic heterocycles. The normalized spacial score (nSPS) is 10.8. The molecule has 1 amide bonds. The van der Waals surface area contributed by atoms with Gasteiger partial charge in [0.25, 0.3) is 0 Å². The molecule has 5 heteroatoms. The summed E-state index contributed by atoms with van der Waals surface area (Å²) in [7, 11) is 0. The molecular formula is C17H17N3OS. The molecule has 0 unspecified atom stereocenters. The Bertz CT molecular complexity index is 764. The van der Waals surface area contributed by atoms with E-state index in [1.807, 2.05) is 36.4 Å². The third-order valence-corrected chi connectivity index (χ3v) is 4.35. The minimum atomic E-state index is 0.0602. The molecule has 22 heavy (non-hydrogen) atoms. The number of thiazole rings is 1. The number of hydrogen-bond acceptors (Lipinski definition) is 4. The second-order valence-electron chi connectivity index (χ2n) is 5.08. The molecule has 0 spiro atoms. The fourth-order valence-corrected chi connectivity index (χ4v) is 3.09. The number of hydrogen-bond donors (Lipinski definition) is 1. The minimum absolute atomic E-state index is 0.0602. The Kier molecular flexibility index (Phi) is 4.44. The van der Waals surface area contributed by atoms with Crippen LogP contribution in [0.1, 0.15) is 26.2 Å². The summed E-state index contributed by atoms with van der Waals surface area (Å²) >= 11 is 1.56. The SMILES string of the molecule is CCCCC(=O)Nc1cccc(-c2nc3cccnc3s2)c1. The standard InChI is InChI=1S/C17H17N3OS/c1-2-3-9-15(21)19-13-7-4-6-12(11-13)16-20-14-8-5-10-18-17(14)22-16/h4-8,10-11H,2-3,9H2,1H3,(H,19,21). The molecule has 0 saturated carbocycles. The number of pyridine rings is 1. The van der Waals surface area contributed by atoms with Crippen molar-refractivity contribution in [1.29, 1.82) is 0 Å². The number of fused-ring (bicyclic) bond motifs is 1. The molecule has 0 fully saturated rings. The van der Waals surface area contributed by atoms with E-state index < -0.39 is 0 Å². The molecule has 3 rings (SSSR count).